The van der Waals surface area contributed by atoms with Crippen LogP contribution in [0, 0.1) is 10.7 Å². The zero-order valence-electron chi connectivity index (χ0n) is 11.7. The highest BCUT2D eigenvalue weighted by molar-refractivity contribution is 5.67. The Morgan fingerprint density at radius 3 is 2.65 bits per heavy atom. The van der Waals surface area contributed by atoms with Crippen molar-refractivity contribution in [3.63, 3.8) is 0 Å². The van der Waals surface area contributed by atoms with Crippen LogP contribution in [0.5, 0.6) is 5.75 Å². The van der Waals surface area contributed by atoms with Crippen molar-refractivity contribution in [1.82, 2.24) is 5.32 Å². The predicted octanol–water partition coefficient (Wildman–Crippen LogP) is 1.21. The molecule has 0 bridgehead atoms. The molecule has 0 aromatic heterocycles. The Labute approximate surface area is 116 Å². The lowest BCUT2D eigenvalue weighted by Crippen LogP contribution is -2.56. The Morgan fingerprint density at radius 1 is 1.40 bits per heavy atom. The molecule has 0 radical (unpaired) electrons. The molecule has 2 N–H and O–H groups in total. The fraction of sp³-hybridized carbons (Fsp3) is 0.462. The van der Waals surface area contributed by atoms with Crippen LogP contribution in [0.3, 0.4) is 0 Å². The molecule has 0 unspecified atom stereocenters. The van der Waals surface area contributed by atoms with Gasteiger partial charge in [-0.25, -0.2) is 4.79 Å². The van der Waals surface area contributed by atoms with Crippen LogP contribution in [-0.2, 0) is 4.74 Å². The van der Waals surface area contributed by atoms with Crippen LogP contribution in [0.4, 0.5) is 14.9 Å². The summed E-state index contributed by atoms with van der Waals surface area (Å²) in [6, 6.07) is 3.82. The molecule has 20 heavy (non-hydrogen) atoms. The minimum Gasteiger partial charge on any atom is -0.492 e. The summed E-state index contributed by atoms with van der Waals surface area (Å²) in [7, 11) is 0. The van der Waals surface area contributed by atoms with Crippen LogP contribution < -0.4 is 15.2 Å². The number of amides is 1. The predicted molar refractivity (Wildman–Crippen MR) is 70.1 cm³/mol. The van der Waals surface area contributed by atoms with Crippen molar-refractivity contribution in [2.45, 2.75) is 26.4 Å². The number of nitrogens with one attached hydrogen (secondary N) is 2. The van der Waals surface area contributed by atoms with Gasteiger partial charge < -0.3 is 14.8 Å². The molecular weight excluding hydrogens is 267 g/mol. The lowest BCUT2D eigenvalue weighted by atomic mass is 10.2. The standard InChI is InChI=1S/C13H17FN2O4/c1-13(2,3)20-12(17)15-6-7-19-9-4-5-11(16-18)10(14)8-9/h4-5,8H,6-7H2,1-3H3,(H,15,17)/p+1. The minimum atomic E-state index is -0.697. The van der Waals surface area contributed by atoms with Gasteiger partial charge in [0.2, 0.25) is 5.82 Å². The maximum atomic E-state index is 13.2. The van der Waals surface area contributed by atoms with Crippen molar-refractivity contribution < 1.29 is 23.8 Å². The maximum absolute atomic E-state index is 13.2. The SMILES string of the molecule is CC(C)(C)OC(=O)NCCOc1ccc([NH+]=O)c(F)c1. The molecule has 0 aliphatic carbocycles. The van der Waals surface area contributed by atoms with E-state index < -0.39 is 17.5 Å². The Bertz CT molecular complexity index is 486. The molecule has 1 rings (SSSR count). The zero-order chi connectivity index (χ0) is 15.2. The number of rotatable bonds is 5. The minimum absolute atomic E-state index is 0.149. The molecule has 1 aromatic rings. The van der Waals surface area contributed by atoms with Crippen LogP contribution in [0.2, 0.25) is 0 Å². The summed E-state index contributed by atoms with van der Waals surface area (Å²) >= 11 is 0. The number of benzene rings is 1. The molecule has 0 atom stereocenters. The van der Waals surface area contributed by atoms with Gasteiger partial charge in [-0.15, -0.1) is 0 Å². The second kappa shape index (κ2) is 6.83. The third-order valence-electron chi connectivity index (χ3n) is 2.09. The summed E-state index contributed by atoms with van der Waals surface area (Å²) in [6.45, 7) is 5.66. The Morgan fingerprint density at radius 2 is 2.10 bits per heavy atom. The fourth-order valence-corrected chi connectivity index (χ4v) is 1.30. The van der Waals surface area contributed by atoms with E-state index in [-0.39, 0.29) is 24.6 Å². The van der Waals surface area contributed by atoms with E-state index in [1.54, 1.807) is 20.8 Å². The number of carbonyl (C=O) groups is 1. The highest BCUT2D eigenvalue weighted by Gasteiger charge is 2.15. The lowest BCUT2D eigenvalue weighted by molar-refractivity contribution is -0.382. The Hall–Kier alpha value is -2.18. The summed E-state index contributed by atoms with van der Waals surface area (Å²) < 4.78 is 23.5. The summed E-state index contributed by atoms with van der Waals surface area (Å²) in [5, 5.41) is 3.98. The van der Waals surface area contributed by atoms with Gasteiger partial charge in [0, 0.05) is 22.2 Å². The largest absolute Gasteiger partial charge is 0.492 e. The molecular formula is C13H18FN2O4+. The van der Waals surface area contributed by atoms with Gasteiger partial charge >= 0.3 is 6.09 Å². The number of nitroso groups, excluding NO2 is 1. The zero-order valence-corrected chi connectivity index (χ0v) is 11.7. The molecule has 6 nitrogen and oxygen atoms in total. The highest BCUT2D eigenvalue weighted by atomic mass is 19.1. The van der Waals surface area contributed by atoms with Crippen molar-refractivity contribution in [1.29, 1.82) is 0 Å². The van der Waals surface area contributed by atoms with Crippen molar-refractivity contribution in [2.24, 2.45) is 0 Å². The molecule has 110 valence electrons. The van der Waals surface area contributed by atoms with E-state index in [9.17, 15) is 14.1 Å². The monoisotopic (exact) mass is 285 g/mol. The summed E-state index contributed by atoms with van der Waals surface area (Å²) in [4.78, 5) is 21.6. The summed E-state index contributed by atoms with van der Waals surface area (Å²) in [6.07, 6.45) is -0.543. The number of halogens is 1. The Kier molecular flexibility index (Phi) is 5.42. The second-order valence-electron chi connectivity index (χ2n) is 5.02. The summed E-state index contributed by atoms with van der Waals surface area (Å²) in [5.74, 6) is -0.426. The molecule has 0 aliphatic rings. The van der Waals surface area contributed by atoms with Crippen molar-refractivity contribution in [3.05, 3.63) is 28.9 Å². The molecule has 0 fully saturated rings. The van der Waals surface area contributed by atoms with Crippen molar-refractivity contribution >= 4 is 11.8 Å². The van der Waals surface area contributed by atoms with Gasteiger partial charge in [-0.3, -0.25) is 0 Å². The van der Waals surface area contributed by atoms with Crippen LogP contribution >= 0.6 is 0 Å². The molecule has 0 aliphatic heterocycles. The topological polar surface area (TPSA) is 78.6 Å². The first-order valence-corrected chi connectivity index (χ1v) is 6.09. The van der Waals surface area contributed by atoms with Gasteiger partial charge in [-0.05, 0) is 26.8 Å². The van der Waals surface area contributed by atoms with Gasteiger partial charge in [-0.1, -0.05) is 0 Å². The first-order valence-electron chi connectivity index (χ1n) is 6.09. The molecule has 0 heterocycles. The summed E-state index contributed by atoms with van der Waals surface area (Å²) in [5.41, 5.74) is -0.709. The molecule has 1 aromatic carbocycles. The smallest absolute Gasteiger partial charge is 0.407 e. The van der Waals surface area contributed by atoms with Crippen LogP contribution in [-0.4, -0.2) is 24.8 Å². The molecule has 7 heteroatoms. The first kappa shape index (κ1) is 15.9. The van der Waals surface area contributed by atoms with Crippen LogP contribution in [0.25, 0.3) is 0 Å². The third-order valence-corrected chi connectivity index (χ3v) is 2.09. The van der Waals surface area contributed by atoms with Gasteiger partial charge in [0.15, 0.2) is 0 Å². The number of hydrogen-bond acceptors (Lipinski definition) is 4. The van der Waals surface area contributed by atoms with E-state index in [2.05, 4.69) is 5.32 Å². The fourth-order valence-electron chi connectivity index (χ4n) is 1.30. The van der Waals surface area contributed by atoms with E-state index in [0.29, 0.717) is 0 Å². The average molecular weight is 285 g/mol. The lowest BCUT2D eigenvalue weighted by Gasteiger charge is -2.19. The maximum Gasteiger partial charge on any atom is 0.407 e. The molecule has 0 saturated heterocycles. The van der Waals surface area contributed by atoms with Gasteiger partial charge in [0.05, 0.1) is 6.54 Å². The average Bonchev–Trinajstić information content (AvgIpc) is 2.33. The normalized spacial score (nSPS) is 10.8. The van der Waals surface area contributed by atoms with Crippen LogP contribution in [0.1, 0.15) is 20.8 Å². The number of ether oxygens (including phenoxy) is 2. The third kappa shape index (κ3) is 5.64. The van der Waals surface area contributed by atoms with Gasteiger partial charge in [0.25, 0.3) is 5.69 Å². The molecule has 0 saturated carbocycles. The van der Waals surface area contributed by atoms with Crippen molar-refractivity contribution in [2.75, 3.05) is 13.2 Å². The van der Waals surface area contributed by atoms with E-state index in [4.69, 9.17) is 9.47 Å². The molecule has 1 amide bonds. The molecule has 0 spiro atoms. The Balaban J connectivity index is 2.33. The van der Waals surface area contributed by atoms with Gasteiger partial charge in [-0.2, -0.15) is 4.39 Å². The number of alkyl carbamates (subject to hydrolysis) is 1. The van der Waals surface area contributed by atoms with Gasteiger partial charge in [0.1, 0.15) is 18.0 Å². The first-order chi connectivity index (χ1) is 9.31. The van der Waals surface area contributed by atoms with Crippen LogP contribution in [0.15, 0.2) is 18.2 Å². The van der Waals surface area contributed by atoms with Crippen molar-refractivity contribution in [3.8, 4) is 5.75 Å². The van der Waals surface area contributed by atoms with E-state index in [1.165, 1.54) is 17.3 Å². The van der Waals surface area contributed by atoms with E-state index in [1.807, 2.05) is 0 Å². The highest BCUT2D eigenvalue weighted by Crippen LogP contribution is 2.16. The number of carbonyl (C=O) groups excluding carboxylic acids is 1. The van der Waals surface area contributed by atoms with E-state index in [0.717, 1.165) is 6.07 Å². The number of hydrogen-bond donors (Lipinski definition) is 2. The second-order valence-corrected chi connectivity index (χ2v) is 5.02. The van der Waals surface area contributed by atoms with E-state index >= 15 is 0 Å². The quantitative estimate of drug-likeness (QED) is 0.797.